The van der Waals surface area contributed by atoms with Gasteiger partial charge in [0, 0.05) is 23.7 Å². The summed E-state index contributed by atoms with van der Waals surface area (Å²) in [5.41, 5.74) is -1.28. The summed E-state index contributed by atoms with van der Waals surface area (Å²) in [6, 6.07) is 0. The predicted octanol–water partition coefficient (Wildman–Crippen LogP) is 8.57. The van der Waals surface area contributed by atoms with E-state index in [4.69, 9.17) is 9.47 Å². The van der Waals surface area contributed by atoms with Gasteiger partial charge in [-0.15, -0.1) is 0 Å². The molecule has 8 saturated carbocycles. The van der Waals surface area contributed by atoms with E-state index in [-0.39, 0.29) is 24.1 Å². The lowest BCUT2D eigenvalue weighted by Gasteiger charge is -2.44. The summed E-state index contributed by atoms with van der Waals surface area (Å²) in [6.07, 6.45) is 15.7. The summed E-state index contributed by atoms with van der Waals surface area (Å²) in [5.74, 6) is 9.54. The molecule has 0 aliphatic heterocycles. The van der Waals surface area contributed by atoms with Crippen LogP contribution in [0.5, 0.6) is 0 Å². The number of carbonyl (C=O) groups is 2. The topological polar surface area (TPSA) is 52.6 Å². The Morgan fingerprint density at radius 3 is 0.907 bits per heavy atom. The number of fused-ring (bicyclic) bond motifs is 8. The zero-order chi connectivity index (χ0) is 29.9. The Balaban J connectivity index is 1.04. The van der Waals surface area contributed by atoms with Crippen molar-refractivity contribution in [3.8, 4) is 0 Å². The monoisotopic (exact) mass is 592 g/mol. The van der Waals surface area contributed by atoms with E-state index >= 15 is 0 Å². The molecule has 8 aliphatic rings. The third kappa shape index (κ3) is 4.39. The van der Waals surface area contributed by atoms with Gasteiger partial charge in [0.1, 0.15) is 12.2 Å². The smallest absolute Gasteiger partial charge is 0.323 e. The van der Waals surface area contributed by atoms with E-state index in [0.717, 1.165) is 23.7 Å². The minimum Gasteiger partial charge on any atom is -0.461 e. The van der Waals surface area contributed by atoms with Crippen LogP contribution in [0, 0.1) is 100 Å². The maximum Gasteiger partial charge on any atom is 0.323 e. The van der Waals surface area contributed by atoms with Gasteiger partial charge in [-0.25, -0.2) is 0 Å². The van der Waals surface area contributed by atoms with Crippen LogP contribution in [0.3, 0.4) is 0 Å². The van der Waals surface area contributed by atoms with E-state index in [9.17, 15) is 9.59 Å². The van der Waals surface area contributed by atoms with E-state index in [1.165, 1.54) is 77.0 Å². The molecule has 16 atom stereocenters. The molecule has 240 valence electrons. The van der Waals surface area contributed by atoms with Gasteiger partial charge >= 0.3 is 11.9 Å². The normalized spacial score (nSPS) is 52.2. The molecule has 8 bridgehead atoms. The van der Waals surface area contributed by atoms with Crippen molar-refractivity contribution < 1.29 is 19.1 Å². The number of ether oxygens (including phenoxy) is 2. The first-order valence-corrected chi connectivity index (χ1v) is 19.0. The van der Waals surface area contributed by atoms with E-state index in [0.29, 0.717) is 71.0 Å². The van der Waals surface area contributed by atoms with E-state index in [2.05, 4.69) is 27.7 Å². The third-order valence-corrected chi connectivity index (χ3v) is 16.7. The zero-order valence-corrected chi connectivity index (χ0v) is 28.0. The zero-order valence-electron chi connectivity index (χ0n) is 28.0. The highest BCUT2D eigenvalue weighted by atomic mass is 16.6. The van der Waals surface area contributed by atoms with E-state index < -0.39 is 5.41 Å². The van der Waals surface area contributed by atoms with Crippen molar-refractivity contribution in [3.63, 3.8) is 0 Å². The van der Waals surface area contributed by atoms with Gasteiger partial charge < -0.3 is 9.47 Å². The van der Waals surface area contributed by atoms with Crippen molar-refractivity contribution in [1.82, 2.24) is 0 Å². The lowest BCUT2D eigenvalue weighted by atomic mass is 9.67. The Kier molecular flexibility index (Phi) is 7.15. The van der Waals surface area contributed by atoms with Crippen LogP contribution < -0.4 is 0 Å². The maximum absolute atomic E-state index is 14.3. The molecular weight excluding hydrogens is 532 g/mol. The second-order valence-corrected chi connectivity index (χ2v) is 18.4. The summed E-state index contributed by atoms with van der Waals surface area (Å²) in [6.45, 7) is 13.4. The van der Waals surface area contributed by atoms with E-state index in [1.807, 2.05) is 13.8 Å². The molecule has 0 radical (unpaired) electrons. The summed E-state index contributed by atoms with van der Waals surface area (Å²) in [4.78, 5) is 28.7. The van der Waals surface area contributed by atoms with Crippen LogP contribution in [-0.2, 0) is 19.1 Å². The highest BCUT2D eigenvalue weighted by molar-refractivity contribution is 5.99. The molecule has 8 rings (SSSR count). The first-order chi connectivity index (χ1) is 20.5. The fraction of sp³-hybridized carbons (Fsp3) is 0.949. The molecule has 0 N–H and O–H groups in total. The first-order valence-electron chi connectivity index (χ1n) is 19.0. The van der Waals surface area contributed by atoms with Gasteiger partial charge in [-0.05, 0) is 162 Å². The highest BCUT2D eigenvalue weighted by Crippen LogP contribution is 2.62. The third-order valence-electron chi connectivity index (χ3n) is 16.7. The Morgan fingerprint density at radius 2 is 0.698 bits per heavy atom. The number of carbonyl (C=O) groups excluding carboxylic acids is 2. The predicted molar refractivity (Wildman–Crippen MR) is 167 cm³/mol. The maximum atomic E-state index is 14.3. The molecular formula is C39H60O4. The minimum absolute atomic E-state index is 0.0397. The van der Waals surface area contributed by atoms with E-state index in [1.54, 1.807) is 0 Å². The van der Waals surface area contributed by atoms with Crippen LogP contribution in [0.4, 0.5) is 0 Å². The van der Waals surface area contributed by atoms with Crippen LogP contribution in [-0.4, -0.2) is 24.1 Å². The molecule has 0 spiro atoms. The van der Waals surface area contributed by atoms with Crippen molar-refractivity contribution in [2.75, 3.05) is 0 Å². The SMILES string of the molecule is CC1C2CCC(C2)C1C(OC(=O)C(C)(C)C(=O)OC(C1C2CCC(C2)C1C)C1C2CCC(C2)C1C)C1C2CCC(C2)C1C. The molecule has 0 amide bonds. The molecule has 16 unspecified atom stereocenters. The summed E-state index contributed by atoms with van der Waals surface area (Å²) >= 11 is 0. The Hall–Kier alpha value is -1.06. The van der Waals surface area contributed by atoms with Crippen LogP contribution in [0.2, 0.25) is 0 Å². The second-order valence-electron chi connectivity index (χ2n) is 18.4. The summed E-state index contributed by atoms with van der Waals surface area (Å²) in [5, 5.41) is 0. The molecule has 0 aromatic carbocycles. The molecule has 43 heavy (non-hydrogen) atoms. The Morgan fingerprint density at radius 1 is 0.465 bits per heavy atom. The molecule has 8 fully saturated rings. The first kappa shape index (κ1) is 29.3. The standard InChI is InChI=1S/C39H60O4/c1-19-23-7-11-27(15-23)31(19)35(32-20(2)24-8-12-28(32)16-24)42-37(40)39(5,6)38(41)43-36(33-21(3)25-9-13-29(33)17-25)34-22(4)26-10-14-30(34)18-26/h19-36H,7-18H2,1-6H3. The van der Waals surface area contributed by atoms with Crippen LogP contribution in [0.25, 0.3) is 0 Å². The van der Waals surface area contributed by atoms with Gasteiger partial charge in [0.2, 0.25) is 0 Å². The lowest BCUT2D eigenvalue weighted by Crippen LogP contribution is -2.50. The van der Waals surface area contributed by atoms with Crippen LogP contribution in [0.1, 0.15) is 119 Å². The summed E-state index contributed by atoms with van der Waals surface area (Å²) < 4.78 is 13.6. The number of hydrogen-bond donors (Lipinski definition) is 0. The van der Waals surface area contributed by atoms with Gasteiger partial charge in [-0.3, -0.25) is 9.59 Å². The number of hydrogen-bond acceptors (Lipinski definition) is 4. The van der Waals surface area contributed by atoms with Crippen molar-refractivity contribution in [2.24, 2.45) is 100 Å². The average Bonchev–Trinajstić information content (AvgIpc) is 3.83. The largest absolute Gasteiger partial charge is 0.461 e. The Bertz CT molecular complexity index is 957. The Labute approximate surface area is 261 Å². The van der Waals surface area contributed by atoms with Crippen LogP contribution >= 0.6 is 0 Å². The van der Waals surface area contributed by atoms with Gasteiger partial charge in [-0.2, -0.15) is 0 Å². The number of esters is 2. The molecule has 4 nitrogen and oxygen atoms in total. The van der Waals surface area contributed by atoms with Gasteiger partial charge in [-0.1, -0.05) is 27.7 Å². The second kappa shape index (κ2) is 10.5. The molecule has 0 aromatic rings. The number of rotatable bonds is 8. The van der Waals surface area contributed by atoms with Gasteiger partial charge in [0.25, 0.3) is 0 Å². The fourth-order valence-corrected chi connectivity index (χ4v) is 14.2. The fourth-order valence-electron chi connectivity index (χ4n) is 14.2. The quantitative estimate of drug-likeness (QED) is 0.209. The molecule has 0 heterocycles. The lowest BCUT2D eigenvalue weighted by molar-refractivity contribution is -0.189. The highest BCUT2D eigenvalue weighted by Gasteiger charge is 2.60. The van der Waals surface area contributed by atoms with Gasteiger partial charge in [0.15, 0.2) is 5.41 Å². The summed E-state index contributed by atoms with van der Waals surface area (Å²) in [7, 11) is 0. The molecule has 4 heteroatoms. The molecule has 0 saturated heterocycles. The average molecular weight is 593 g/mol. The molecule has 0 aromatic heterocycles. The van der Waals surface area contributed by atoms with Crippen molar-refractivity contribution in [1.29, 1.82) is 0 Å². The van der Waals surface area contributed by atoms with Crippen molar-refractivity contribution in [3.05, 3.63) is 0 Å². The van der Waals surface area contributed by atoms with Gasteiger partial charge in [0.05, 0.1) is 0 Å². The van der Waals surface area contributed by atoms with Crippen molar-refractivity contribution in [2.45, 2.75) is 131 Å². The minimum atomic E-state index is -1.28. The van der Waals surface area contributed by atoms with Crippen LogP contribution in [0.15, 0.2) is 0 Å². The molecule has 8 aliphatic carbocycles. The van der Waals surface area contributed by atoms with Crippen molar-refractivity contribution >= 4 is 11.9 Å².